The van der Waals surface area contributed by atoms with Gasteiger partial charge in [0, 0.05) is 11.6 Å². The first-order valence-corrected chi connectivity index (χ1v) is 6.08. The molecule has 19 heavy (non-hydrogen) atoms. The van der Waals surface area contributed by atoms with Crippen molar-refractivity contribution >= 4 is 5.91 Å². The van der Waals surface area contributed by atoms with Crippen molar-refractivity contribution in [3.63, 3.8) is 0 Å². The summed E-state index contributed by atoms with van der Waals surface area (Å²) in [5, 5.41) is 9.45. The zero-order chi connectivity index (χ0) is 13.9. The number of rotatable bonds is 3. The minimum absolute atomic E-state index is 0.154. The third-order valence-electron chi connectivity index (χ3n) is 2.56. The summed E-state index contributed by atoms with van der Waals surface area (Å²) in [4.78, 5) is 20.2. The normalized spacial score (nSPS) is 11.3. The molecule has 0 spiro atoms. The predicted octanol–water partition coefficient (Wildman–Crippen LogP) is 1.43. The van der Waals surface area contributed by atoms with Gasteiger partial charge in [0.1, 0.15) is 5.82 Å². The van der Waals surface area contributed by atoms with E-state index in [0.717, 1.165) is 5.69 Å². The number of carbonyl (C=O) groups excluding carboxylic acids is 1. The molecule has 0 aromatic carbocycles. The van der Waals surface area contributed by atoms with Crippen LogP contribution in [0.25, 0.3) is 0 Å². The summed E-state index contributed by atoms with van der Waals surface area (Å²) in [5.74, 6) is 0.536. The van der Waals surface area contributed by atoms with E-state index < -0.39 is 0 Å². The van der Waals surface area contributed by atoms with Crippen molar-refractivity contribution < 1.29 is 4.79 Å². The van der Waals surface area contributed by atoms with Gasteiger partial charge in [-0.2, -0.15) is 0 Å². The van der Waals surface area contributed by atoms with Gasteiger partial charge >= 0.3 is 0 Å². The van der Waals surface area contributed by atoms with Crippen LogP contribution in [0, 0.1) is 0 Å². The van der Waals surface area contributed by atoms with Crippen LogP contribution in [0.1, 0.15) is 42.9 Å². The van der Waals surface area contributed by atoms with Crippen LogP contribution in [0.3, 0.4) is 0 Å². The molecule has 0 aliphatic heterocycles. The SMILES string of the molecule is CC(C)(C)c1nc(C(=O)NCc2ccccn2)n[nH]1. The summed E-state index contributed by atoms with van der Waals surface area (Å²) in [6.07, 6.45) is 1.69. The fourth-order valence-electron chi connectivity index (χ4n) is 1.45. The van der Waals surface area contributed by atoms with Gasteiger partial charge in [0.2, 0.25) is 5.82 Å². The van der Waals surface area contributed by atoms with Gasteiger partial charge in [0.15, 0.2) is 0 Å². The largest absolute Gasteiger partial charge is 0.344 e. The van der Waals surface area contributed by atoms with Gasteiger partial charge in [-0.1, -0.05) is 26.8 Å². The fourth-order valence-corrected chi connectivity index (χ4v) is 1.45. The van der Waals surface area contributed by atoms with E-state index in [0.29, 0.717) is 12.4 Å². The van der Waals surface area contributed by atoms with E-state index in [9.17, 15) is 4.79 Å². The number of pyridine rings is 1. The van der Waals surface area contributed by atoms with Gasteiger partial charge in [-0.15, -0.1) is 5.10 Å². The Morgan fingerprint density at radius 2 is 2.16 bits per heavy atom. The molecule has 6 heteroatoms. The van der Waals surface area contributed by atoms with E-state index in [2.05, 4.69) is 25.5 Å². The lowest BCUT2D eigenvalue weighted by molar-refractivity contribution is 0.0940. The van der Waals surface area contributed by atoms with Crippen molar-refractivity contribution in [2.75, 3.05) is 0 Å². The maximum Gasteiger partial charge on any atom is 0.291 e. The lowest BCUT2D eigenvalue weighted by Crippen LogP contribution is -2.24. The molecule has 0 atom stereocenters. The van der Waals surface area contributed by atoms with E-state index in [4.69, 9.17) is 0 Å². The highest BCUT2D eigenvalue weighted by molar-refractivity contribution is 5.90. The zero-order valence-electron chi connectivity index (χ0n) is 11.3. The lowest BCUT2D eigenvalue weighted by Gasteiger charge is -2.12. The minimum Gasteiger partial charge on any atom is -0.344 e. The second kappa shape index (κ2) is 5.17. The predicted molar refractivity (Wildman–Crippen MR) is 70.5 cm³/mol. The Hall–Kier alpha value is -2.24. The molecule has 0 aliphatic rings. The zero-order valence-corrected chi connectivity index (χ0v) is 11.3. The van der Waals surface area contributed by atoms with Crippen LogP contribution in [0.4, 0.5) is 0 Å². The van der Waals surface area contributed by atoms with Crippen LogP contribution in [0.2, 0.25) is 0 Å². The van der Waals surface area contributed by atoms with E-state index in [1.54, 1.807) is 6.20 Å². The highest BCUT2D eigenvalue weighted by atomic mass is 16.2. The Morgan fingerprint density at radius 1 is 1.37 bits per heavy atom. The second-order valence-electron chi connectivity index (χ2n) is 5.26. The monoisotopic (exact) mass is 259 g/mol. The van der Waals surface area contributed by atoms with Crippen molar-refractivity contribution in [1.29, 1.82) is 0 Å². The van der Waals surface area contributed by atoms with Crippen LogP contribution in [0.15, 0.2) is 24.4 Å². The number of nitrogens with one attached hydrogen (secondary N) is 2. The molecular formula is C13H17N5O. The number of aromatic amines is 1. The fraction of sp³-hybridized carbons (Fsp3) is 0.385. The van der Waals surface area contributed by atoms with Gasteiger partial charge < -0.3 is 5.32 Å². The van der Waals surface area contributed by atoms with E-state index in [-0.39, 0.29) is 17.1 Å². The summed E-state index contributed by atoms with van der Waals surface area (Å²) >= 11 is 0. The molecule has 2 heterocycles. The van der Waals surface area contributed by atoms with E-state index in [1.165, 1.54) is 0 Å². The second-order valence-corrected chi connectivity index (χ2v) is 5.26. The average molecular weight is 259 g/mol. The van der Waals surface area contributed by atoms with E-state index in [1.807, 2.05) is 39.0 Å². The lowest BCUT2D eigenvalue weighted by atomic mass is 9.96. The quantitative estimate of drug-likeness (QED) is 0.873. The molecule has 6 nitrogen and oxygen atoms in total. The van der Waals surface area contributed by atoms with E-state index >= 15 is 0 Å². The summed E-state index contributed by atoms with van der Waals surface area (Å²) < 4.78 is 0. The van der Waals surface area contributed by atoms with Gasteiger partial charge in [-0.05, 0) is 12.1 Å². The molecule has 0 radical (unpaired) electrons. The number of H-pyrrole nitrogens is 1. The number of hydrogen-bond acceptors (Lipinski definition) is 4. The molecule has 0 saturated heterocycles. The molecule has 2 N–H and O–H groups in total. The number of aromatic nitrogens is 4. The van der Waals surface area contributed by atoms with Crippen molar-refractivity contribution in [1.82, 2.24) is 25.5 Å². The standard InChI is InChI=1S/C13H17N5O/c1-13(2,3)12-16-10(17-18-12)11(19)15-8-9-6-4-5-7-14-9/h4-7H,8H2,1-3H3,(H,15,19)(H,16,17,18). The number of amides is 1. The maximum atomic E-state index is 11.9. The first-order valence-electron chi connectivity index (χ1n) is 6.08. The smallest absolute Gasteiger partial charge is 0.291 e. The van der Waals surface area contributed by atoms with Crippen LogP contribution < -0.4 is 5.32 Å². The number of nitrogens with zero attached hydrogens (tertiary/aromatic N) is 3. The topological polar surface area (TPSA) is 83.6 Å². The first kappa shape index (κ1) is 13.2. The molecule has 1 amide bonds. The van der Waals surface area contributed by atoms with Gasteiger partial charge in [-0.3, -0.25) is 14.9 Å². The minimum atomic E-state index is -0.308. The number of carbonyl (C=O) groups is 1. The Kier molecular flexibility index (Phi) is 3.59. The molecule has 2 rings (SSSR count). The molecular weight excluding hydrogens is 242 g/mol. The maximum absolute atomic E-state index is 11.9. The average Bonchev–Trinajstić information content (AvgIpc) is 2.87. The molecule has 0 fully saturated rings. The molecule has 2 aromatic rings. The molecule has 2 aromatic heterocycles. The van der Waals surface area contributed by atoms with Crippen LogP contribution in [-0.2, 0) is 12.0 Å². The Morgan fingerprint density at radius 3 is 2.74 bits per heavy atom. The first-order chi connectivity index (χ1) is 8.97. The van der Waals surface area contributed by atoms with Crippen LogP contribution in [-0.4, -0.2) is 26.1 Å². The Balaban J connectivity index is 1.99. The Labute approximate surface area is 111 Å². The van der Waals surface area contributed by atoms with Gasteiger partial charge in [-0.25, -0.2) is 4.98 Å². The summed E-state index contributed by atoms with van der Waals surface area (Å²) in [5.41, 5.74) is 0.634. The van der Waals surface area contributed by atoms with Crippen LogP contribution >= 0.6 is 0 Å². The summed E-state index contributed by atoms with van der Waals surface area (Å²) in [7, 11) is 0. The molecule has 100 valence electrons. The highest BCUT2D eigenvalue weighted by Gasteiger charge is 2.21. The third-order valence-corrected chi connectivity index (χ3v) is 2.56. The molecule has 0 bridgehead atoms. The Bertz CT molecular complexity index is 556. The van der Waals surface area contributed by atoms with Gasteiger partial charge in [0.05, 0.1) is 12.2 Å². The van der Waals surface area contributed by atoms with Crippen LogP contribution in [0.5, 0.6) is 0 Å². The van der Waals surface area contributed by atoms with Crippen molar-refractivity contribution in [2.24, 2.45) is 0 Å². The molecule has 0 saturated carbocycles. The molecule has 0 aliphatic carbocycles. The van der Waals surface area contributed by atoms with Crippen molar-refractivity contribution in [3.8, 4) is 0 Å². The number of hydrogen-bond donors (Lipinski definition) is 2. The van der Waals surface area contributed by atoms with Gasteiger partial charge in [0.25, 0.3) is 5.91 Å². The third kappa shape index (κ3) is 3.37. The van der Waals surface area contributed by atoms with Crippen molar-refractivity contribution in [2.45, 2.75) is 32.7 Å². The summed E-state index contributed by atoms with van der Waals surface area (Å²) in [6.45, 7) is 6.37. The highest BCUT2D eigenvalue weighted by Crippen LogP contribution is 2.17. The van der Waals surface area contributed by atoms with Crippen molar-refractivity contribution in [3.05, 3.63) is 41.7 Å². The molecule has 0 unspecified atom stereocenters. The summed E-state index contributed by atoms with van der Waals surface area (Å²) in [6, 6.07) is 5.55.